The van der Waals surface area contributed by atoms with E-state index in [4.69, 9.17) is 11.6 Å². The topological polar surface area (TPSA) is 25.2 Å². The number of carbonyl (C=O) groups excluding carboxylic acids is 1. The fourth-order valence-corrected chi connectivity index (χ4v) is 3.84. The monoisotopic (exact) mass is 386 g/mol. The van der Waals surface area contributed by atoms with E-state index in [1.54, 1.807) is 0 Å². The minimum absolute atomic E-state index is 0.102. The molecule has 0 spiro atoms. The Morgan fingerprint density at radius 3 is 2.77 bits per heavy atom. The van der Waals surface area contributed by atoms with Crippen LogP contribution in [0, 0.1) is 0 Å². The molecule has 2 aromatic heterocycles. The lowest BCUT2D eigenvalue weighted by Gasteiger charge is -2.29. The Morgan fingerprint density at radius 1 is 1.23 bits per heavy atom. The largest absolute Gasteiger partial charge is 0.345 e. The zero-order valence-corrected chi connectivity index (χ0v) is 16.6. The number of thiophene rings is 1. The first kappa shape index (κ1) is 18.7. The van der Waals surface area contributed by atoms with Crippen molar-refractivity contribution in [2.24, 2.45) is 0 Å². The van der Waals surface area contributed by atoms with Crippen molar-refractivity contribution in [2.45, 2.75) is 39.4 Å². The van der Waals surface area contributed by atoms with Crippen molar-refractivity contribution in [3.8, 4) is 0 Å². The molecule has 0 aliphatic rings. The van der Waals surface area contributed by atoms with Gasteiger partial charge in [0.25, 0.3) is 5.91 Å². The Kier molecular flexibility index (Phi) is 6.17. The van der Waals surface area contributed by atoms with E-state index in [9.17, 15) is 4.79 Å². The van der Waals surface area contributed by atoms with Crippen LogP contribution in [0.25, 0.3) is 0 Å². The fraction of sp³-hybridized carbons (Fsp3) is 0.286. The number of nitrogens with zero attached hydrogens (tertiary/aromatic N) is 2. The van der Waals surface area contributed by atoms with Gasteiger partial charge in [-0.3, -0.25) is 4.79 Å². The predicted molar refractivity (Wildman–Crippen MR) is 109 cm³/mol. The average Bonchev–Trinajstić information content (AvgIpc) is 3.31. The first-order valence-electron chi connectivity index (χ1n) is 8.81. The summed E-state index contributed by atoms with van der Waals surface area (Å²) in [5, 5.41) is 2.69. The Hall–Kier alpha value is -2.04. The molecule has 0 aliphatic carbocycles. The van der Waals surface area contributed by atoms with Crippen LogP contribution in [0.1, 0.15) is 41.2 Å². The highest BCUT2D eigenvalue weighted by Crippen LogP contribution is 2.20. The summed E-state index contributed by atoms with van der Waals surface area (Å²) >= 11 is 7.60. The van der Waals surface area contributed by atoms with Crippen molar-refractivity contribution in [1.82, 2.24) is 9.47 Å². The predicted octanol–water partition coefficient (Wildman–Crippen LogP) is 5.69. The lowest BCUT2D eigenvalue weighted by Crippen LogP contribution is -2.38. The van der Waals surface area contributed by atoms with E-state index in [0.29, 0.717) is 6.54 Å². The smallest absolute Gasteiger partial charge is 0.264 e. The molecule has 3 nitrogen and oxygen atoms in total. The molecule has 0 aliphatic heterocycles. The van der Waals surface area contributed by atoms with Crippen molar-refractivity contribution in [3.63, 3.8) is 0 Å². The minimum atomic E-state index is 0.102. The summed E-state index contributed by atoms with van der Waals surface area (Å²) in [6.45, 7) is 5.56. The third-order valence-corrected chi connectivity index (χ3v) is 5.71. The molecule has 2 heterocycles. The third kappa shape index (κ3) is 4.37. The molecular formula is C21H23ClN2OS. The van der Waals surface area contributed by atoms with E-state index in [0.717, 1.165) is 34.1 Å². The number of benzene rings is 1. The Morgan fingerprint density at radius 2 is 2.08 bits per heavy atom. The maximum atomic E-state index is 13.0. The van der Waals surface area contributed by atoms with Crippen LogP contribution in [-0.2, 0) is 13.1 Å². The summed E-state index contributed by atoms with van der Waals surface area (Å²) in [4.78, 5) is 15.7. The summed E-state index contributed by atoms with van der Waals surface area (Å²) in [5.74, 6) is 0.102. The lowest BCUT2D eigenvalue weighted by molar-refractivity contribution is 0.0672. The molecule has 0 saturated carbocycles. The van der Waals surface area contributed by atoms with Crippen LogP contribution in [0.4, 0.5) is 0 Å². The van der Waals surface area contributed by atoms with E-state index in [2.05, 4.69) is 36.7 Å². The van der Waals surface area contributed by atoms with Crippen molar-refractivity contribution < 1.29 is 4.79 Å². The summed E-state index contributed by atoms with van der Waals surface area (Å²) in [6, 6.07) is 16.0. The lowest BCUT2D eigenvalue weighted by atomic mass is 10.2. The molecule has 0 bridgehead atoms. The first-order valence-corrected chi connectivity index (χ1v) is 10.1. The number of aromatic nitrogens is 1. The molecule has 0 fully saturated rings. The van der Waals surface area contributed by atoms with Crippen LogP contribution in [0.5, 0.6) is 0 Å². The second-order valence-corrected chi connectivity index (χ2v) is 7.81. The van der Waals surface area contributed by atoms with Crippen LogP contribution in [0.15, 0.2) is 60.1 Å². The molecule has 1 amide bonds. The van der Waals surface area contributed by atoms with E-state index in [-0.39, 0.29) is 11.9 Å². The van der Waals surface area contributed by atoms with Gasteiger partial charge in [0.15, 0.2) is 0 Å². The first-order chi connectivity index (χ1) is 12.6. The van der Waals surface area contributed by atoms with Gasteiger partial charge in [-0.2, -0.15) is 0 Å². The quantitative estimate of drug-likeness (QED) is 0.511. The van der Waals surface area contributed by atoms with Gasteiger partial charge in [0.2, 0.25) is 0 Å². The van der Waals surface area contributed by atoms with Gasteiger partial charge in [-0.1, -0.05) is 36.7 Å². The summed E-state index contributed by atoms with van der Waals surface area (Å²) in [7, 11) is 0. The molecule has 0 saturated heterocycles. The fourth-order valence-electron chi connectivity index (χ4n) is 2.94. The van der Waals surface area contributed by atoms with Crippen LogP contribution in [-0.4, -0.2) is 21.4 Å². The number of halogens is 1. The van der Waals surface area contributed by atoms with Gasteiger partial charge in [-0.05, 0) is 54.6 Å². The molecule has 136 valence electrons. The van der Waals surface area contributed by atoms with Crippen LogP contribution >= 0.6 is 22.9 Å². The Bertz CT molecular complexity index is 857. The number of carbonyl (C=O) groups is 1. The molecule has 26 heavy (non-hydrogen) atoms. The van der Waals surface area contributed by atoms with Crippen molar-refractivity contribution >= 4 is 28.8 Å². The van der Waals surface area contributed by atoms with E-state index >= 15 is 0 Å². The second kappa shape index (κ2) is 8.56. The van der Waals surface area contributed by atoms with Gasteiger partial charge in [0.05, 0.1) is 11.4 Å². The molecule has 0 N–H and O–H groups in total. The van der Waals surface area contributed by atoms with Gasteiger partial charge >= 0.3 is 0 Å². The van der Waals surface area contributed by atoms with Crippen molar-refractivity contribution in [1.29, 1.82) is 0 Å². The van der Waals surface area contributed by atoms with Crippen molar-refractivity contribution in [2.75, 3.05) is 0 Å². The Balaban J connectivity index is 1.81. The maximum absolute atomic E-state index is 13.0. The summed E-state index contributed by atoms with van der Waals surface area (Å²) < 4.78 is 2.18. The highest BCUT2D eigenvalue weighted by Gasteiger charge is 2.22. The molecule has 5 heteroatoms. The molecule has 1 atom stereocenters. The van der Waals surface area contributed by atoms with Crippen LogP contribution < -0.4 is 0 Å². The molecular weight excluding hydrogens is 364 g/mol. The van der Waals surface area contributed by atoms with Crippen LogP contribution in [0.3, 0.4) is 0 Å². The maximum Gasteiger partial charge on any atom is 0.264 e. The standard InChI is InChI=1S/C21H23ClN2OS/c1-3-16(2)24(21(25)20-10-6-12-26-20)15-19-9-5-11-23(19)14-17-7-4-8-18(22)13-17/h4-13,16H,3,14-15H2,1-2H3/t16-/m0/s1. The summed E-state index contributed by atoms with van der Waals surface area (Å²) in [5.41, 5.74) is 2.27. The number of hydrogen-bond donors (Lipinski definition) is 0. The summed E-state index contributed by atoms with van der Waals surface area (Å²) in [6.07, 6.45) is 2.98. The van der Waals surface area contributed by atoms with E-state index in [1.807, 2.05) is 46.7 Å². The molecule has 1 aromatic carbocycles. The van der Waals surface area contributed by atoms with E-state index < -0.39 is 0 Å². The van der Waals surface area contributed by atoms with Gasteiger partial charge in [0, 0.05) is 29.5 Å². The number of amides is 1. The highest BCUT2D eigenvalue weighted by molar-refractivity contribution is 7.12. The van der Waals surface area contributed by atoms with Gasteiger partial charge in [0.1, 0.15) is 0 Å². The van der Waals surface area contributed by atoms with Gasteiger partial charge in [-0.25, -0.2) is 0 Å². The average molecular weight is 387 g/mol. The van der Waals surface area contributed by atoms with Gasteiger partial charge in [-0.15, -0.1) is 11.3 Å². The van der Waals surface area contributed by atoms with E-state index in [1.165, 1.54) is 11.3 Å². The van der Waals surface area contributed by atoms with Crippen molar-refractivity contribution in [3.05, 3.63) is 81.3 Å². The Labute approximate surface area is 163 Å². The zero-order chi connectivity index (χ0) is 18.5. The SMILES string of the molecule is CC[C@H](C)N(Cc1cccn1Cc1cccc(Cl)c1)C(=O)c1cccs1. The normalized spacial score (nSPS) is 12.1. The highest BCUT2D eigenvalue weighted by atomic mass is 35.5. The molecule has 0 unspecified atom stereocenters. The zero-order valence-electron chi connectivity index (χ0n) is 15.1. The molecule has 0 radical (unpaired) electrons. The van der Waals surface area contributed by atoms with Crippen LogP contribution in [0.2, 0.25) is 5.02 Å². The number of hydrogen-bond acceptors (Lipinski definition) is 2. The molecule has 3 rings (SSSR count). The number of rotatable bonds is 7. The second-order valence-electron chi connectivity index (χ2n) is 6.42. The third-order valence-electron chi connectivity index (χ3n) is 4.61. The minimum Gasteiger partial charge on any atom is -0.345 e. The van der Waals surface area contributed by atoms with Gasteiger partial charge < -0.3 is 9.47 Å². The molecule has 3 aromatic rings.